The number of thiazole rings is 1. The molecule has 24 heavy (non-hydrogen) atoms. The predicted octanol–water partition coefficient (Wildman–Crippen LogP) is 4.91. The molecule has 0 unspecified atom stereocenters. The summed E-state index contributed by atoms with van der Waals surface area (Å²) in [5, 5.41) is 10.0. The van der Waals surface area contributed by atoms with Crippen LogP contribution in [0.5, 0.6) is 0 Å². The van der Waals surface area contributed by atoms with Gasteiger partial charge in [-0.05, 0) is 25.1 Å². The van der Waals surface area contributed by atoms with Crippen LogP contribution in [0.25, 0.3) is 10.6 Å². The van der Waals surface area contributed by atoms with E-state index in [9.17, 15) is 0 Å². The Morgan fingerprint density at radius 2 is 1.92 bits per heavy atom. The van der Waals surface area contributed by atoms with Gasteiger partial charge in [-0.2, -0.15) is 5.26 Å². The monoisotopic (exact) mass is 341 g/mol. The Balaban J connectivity index is 0.000000471. The van der Waals surface area contributed by atoms with Crippen molar-refractivity contribution in [2.24, 2.45) is 0 Å². The minimum atomic E-state index is 0.699. The van der Waals surface area contributed by atoms with Gasteiger partial charge in [0.2, 0.25) is 0 Å². The highest BCUT2D eigenvalue weighted by molar-refractivity contribution is 7.15. The van der Waals surface area contributed by atoms with Gasteiger partial charge in [0.1, 0.15) is 5.01 Å². The first-order valence-corrected chi connectivity index (χ1v) is 9.74. The molecular formula is C20H27N3S. The molecule has 4 heteroatoms. The molecule has 128 valence electrons. The summed E-state index contributed by atoms with van der Waals surface area (Å²) in [5.74, 6) is 0. The SMILES string of the molecule is CCCC.CCN1CCc2nc(-c3cccc(C#N)c3)sc2CC1. The summed E-state index contributed by atoms with van der Waals surface area (Å²) in [7, 11) is 0. The smallest absolute Gasteiger partial charge is 0.123 e. The summed E-state index contributed by atoms with van der Waals surface area (Å²) < 4.78 is 0. The van der Waals surface area contributed by atoms with Crippen molar-refractivity contribution < 1.29 is 0 Å². The largest absolute Gasteiger partial charge is 0.303 e. The second-order valence-electron chi connectivity index (χ2n) is 6.02. The third-order valence-electron chi connectivity index (χ3n) is 4.28. The summed E-state index contributed by atoms with van der Waals surface area (Å²) in [4.78, 5) is 8.70. The van der Waals surface area contributed by atoms with Crippen LogP contribution < -0.4 is 0 Å². The van der Waals surface area contributed by atoms with Crippen molar-refractivity contribution in [3.8, 4) is 16.6 Å². The topological polar surface area (TPSA) is 39.9 Å². The first kappa shape index (κ1) is 18.6. The zero-order chi connectivity index (χ0) is 17.4. The highest BCUT2D eigenvalue weighted by atomic mass is 32.1. The number of unbranched alkanes of at least 4 members (excludes halogenated alkanes) is 1. The van der Waals surface area contributed by atoms with Crippen LogP contribution in [0.4, 0.5) is 0 Å². The Labute approximate surface area is 150 Å². The predicted molar refractivity (Wildman–Crippen MR) is 102 cm³/mol. The molecule has 0 atom stereocenters. The van der Waals surface area contributed by atoms with Gasteiger partial charge in [0.25, 0.3) is 0 Å². The lowest BCUT2D eigenvalue weighted by atomic mass is 10.1. The second kappa shape index (κ2) is 9.56. The number of hydrogen-bond donors (Lipinski definition) is 0. The first-order valence-electron chi connectivity index (χ1n) is 8.93. The number of rotatable bonds is 3. The van der Waals surface area contributed by atoms with Gasteiger partial charge in [-0.25, -0.2) is 4.98 Å². The molecule has 1 aromatic carbocycles. The number of benzene rings is 1. The Bertz CT molecular complexity index is 657. The molecule has 1 aliphatic rings. The van der Waals surface area contributed by atoms with E-state index < -0.39 is 0 Å². The number of aromatic nitrogens is 1. The molecule has 0 saturated heterocycles. The lowest BCUT2D eigenvalue weighted by Crippen LogP contribution is -2.25. The highest BCUT2D eigenvalue weighted by Crippen LogP contribution is 2.30. The third kappa shape index (κ3) is 4.90. The van der Waals surface area contributed by atoms with Crippen LogP contribution in [0.15, 0.2) is 24.3 Å². The molecule has 0 aliphatic carbocycles. The van der Waals surface area contributed by atoms with E-state index in [2.05, 4.69) is 31.7 Å². The zero-order valence-electron chi connectivity index (χ0n) is 15.0. The number of hydrogen-bond acceptors (Lipinski definition) is 4. The molecule has 0 amide bonds. The average Bonchev–Trinajstić information content (AvgIpc) is 2.96. The molecule has 0 bridgehead atoms. The van der Waals surface area contributed by atoms with E-state index in [4.69, 9.17) is 10.2 Å². The second-order valence-corrected chi connectivity index (χ2v) is 7.10. The minimum absolute atomic E-state index is 0.699. The van der Waals surface area contributed by atoms with Crippen LogP contribution >= 0.6 is 11.3 Å². The van der Waals surface area contributed by atoms with Gasteiger partial charge >= 0.3 is 0 Å². The first-order chi connectivity index (χ1) is 11.7. The summed E-state index contributed by atoms with van der Waals surface area (Å²) in [5.41, 5.74) is 3.02. The number of likely N-dealkylation sites (N-methyl/N-ethyl adjacent to an activating group) is 1. The van der Waals surface area contributed by atoms with Crippen molar-refractivity contribution in [1.82, 2.24) is 9.88 Å². The maximum absolute atomic E-state index is 8.99. The minimum Gasteiger partial charge on any atom is -0.303 e. The summed E-state index contributed by atoms with van der Waals surface area (Å²) in [6.45, 7) is 9.92. The average molecular weight is 342 g/mol. The quantitative estimate of drug-likeness (QED) is 0.796. The number of nitrogens with zero attached hydrogens (tertiary/aromatic N) is 3. The fraction of sp³-hybridized carbons (Fsp3) is 0.500. The molecular weight excluding hydrogens is 314 g/mol. The molecule has 0 fully saturated rings. The van der Waals surface area contributed by atoms with Gasteiger partial charge in [-0.15, -0.1) is 11.3 Å². The standard InChI is InChI=1S/C16H17N3S.C4H10/c1-2-19-8-6-14-15(7-9-19)20-16(18-14)13-5-3-4-12(10-13)11-17;1-3-4-2/h3-5,10H,2,6-9H2,1H3;3-4H2,1-2H3. The van der Waals surface area contributed by atoms with E-state index in [1.54, 1.807) is 11.3 Å². The van der Waals surface area contributed by atoms with Crippen molar-refractivity contribution >= 4 is 11.3 Å². The maximum atomic E-state index is 8.99. The molecule has 1 aliphatic heterocycles. The van der Waals surface area contributed by atoms with Gasteiger partial charge in [0.15, 0.2) is 0 Å². The fourth-order valence-corrected chi connectivity index (χ4v) is 3.66. The van der Waals surface area contributed by atoms with E-state index in [1.807, 2.05) is 24.3 Å². The van der Waals surface area contributed by atoms with Crippen molar-refractivity contribution in [3.63, 3.8) is 0 Å². The lowest BCUT2D eigenvalue weighted by molar-refractivity contribution is 0.303. The number of fused-ring (bicyclic) bond motifs is 1. The fourth-order valence-electron chi connectivity index (χ4n) is 2.57. The Hall–Kier alpha value is -1.70. The maximum Gasteiger partial charge on any atom is 0.123 e. The van der Waals surface area contributed by atoms with Crippen molar-refractivity contribution in [2.45, 2.75) is 46.5 Å². The molecule has 3 rings (SSSR count). The molecule has 0 radical (unpaired) electrons. The van der Waals surface area contributed by atoms with Crippen molar-refractivity contribution in [1.29, 1.82) is 5.26 Å². The molecule has 3 nitrogen and oxygen atoms in total. The van der Waals surface area contributed by atoms with Crippen LogP contribution in [0.3, 0.4) is 0 Å². The summed E-state index contributed by atoms with van der Waals surface area (Å²) in [6.07, 6.45) is 4.77. The summed E-state index contributed by atoms with van der Waals surface area (Å²) >= 11 is 1.79. The van der Waals surface area contributed by atoms with E-state index in [1.165, 1.54) is 23.4 Å². The molecule has 2 heterocycles. The van der Waals surface area contributed by atoms with Crippen LogP contribution in [0, 0.1) is 11.3 Å². The normalized spacial score (nSPS) is 14.1. The zero-order valence-corrected chi connectivity index (χ0v) is 15.8. The lowest BCUT2D eigenvalue weighted by Gasteiger charge is -2.16. The van der Waals surface area contributed by atoms with Crippen LogP contribution in [-0.2, 0) is 12.8 Å². The van der Waals surface area contributed by atoms with E-state index >= 15 is 0 Å². The van der Waals surface area contributed by atoms with E-state index in [-0.39, 0.29) is 0 Å². The van der Waals surface area contributed by atoms with Crippen LogP contribution in [0.2, 0.25) is 0 Å². The summed E-state index contributed by atoms with van der Waals surface area (Å²) in [6, 6.07) is 9.92. The molecule has 1 aromatic heterocycles. The van der Waals surface area contributed by atoms with Gasteiger partial charge < -0.3 is 4.90 Å². The molecule has 0 saturated carbocycles. The van der Waals surface area contributed by atoms with Crippen LogP contribution in [0.1, 0.15) is 49.7 Å². The van der Waals surface area contributed by atoms with Crippen molar-refractivity contribution in [3.05, 3.63) is 40.4 Å². The molecule has 0 spiro atoms. The van der Waals surface area contributed by atoms with Gasteiger partial charge in [-0.1, -0.05) is 45.7 Å². The van der Waals surface area contributed by atoms with Crippen LogP contribution in [-0.4, -0.2) is 29.5 Å². The van der Waals surface area contributed by atoms with Gasteiger partial charge in [0, 0.05) is 30.0 Å². The Kier molecular flexibility index (Phi) is 7.42. The van der Waals surface area contributed by atoms with E-state index in [0.29, 0.717) is 5.56 Å². The molecule has 2 aromatic rings. The van der Waals surface area contributed by atoms with Gasteiger partial charge in [-0.3, -0.25) is 0 Å². The Morgan fingerprint density at radius 3 is 2.58 bits per heavy atom. The molecule has 0 N–H and O–H groups in total. The third-order valence-corrected chi connectivity index (χ3v) is 5.49. The van der Waals surface area contributed by atoms with Gasteiger partial charge in [0.05, 0.1) is 17.3 Å². The highest BCUT2D eigenvalue weighted by Gasteiger charge is 2.18. The number of nitriles is 1. The Morgan fingerprint density at radius 1 is 1.17 bits per heavy atom. The van der Waals surface area contributed by atoms with Crippen molar-refractivity contribution in [2.75, 3.05) is 19.6 Å². The van der Waals surface area contributed by atoms with E-state index in [0.717, 1.165) is 43.0 Å².